The molecule has 0 saturated heterocycles. The lowest BCUT2D eigenvalue weighted by Crippen LogP contribution is -2.31. The first-order chi connectivity index (χ1) is 8.02. The molecule has 1 aliphatic heterocycles. The van der Waals surface area contributed by atoms with E-state index in [1.54, 1.807) is 4.90 Å². The van der Waals surface area contributed by atoms with E-state index in [9.17, 15) is 4.79 Å². The Morgan fingerprint density at radius 1 is 1.29 bits per heavy atom. The van der Waals surface area contributed by atoms with E-state index in [4.69, 9.17) is 0 Å². The first kappa shape index (κ1) is 13.7. The van der Waals surface area contributed by atoms with Crippen molar-refractivity contribution in [3.05, 3.63) is 11.3 Å². The monoisotopic (exact) mass is 237 g/mol. The largest absolute Gasteiger partial charge is 0.300 e. The highest BCUT2D eigenvalue weighted by atomic mass is 16.2. The van der Waals surface area contributed by atoms with E-state index in [1.165, 1.54) is 0 Å². The van der Waals surface area contributed by atoms with E-state index in [0.29, 0.717) is 0 Å². The van der Waals surface area contributed by atoms with Crippen LogP contribution in [0.3, 0.4) is 0 Å². The molecule has 17 heavy (non-hydrogen) atoms. The first-order valence-electron chi connectivity index (χ1n) is 6.34. The third kappa shape index (κ3) is 2.35. The zero-order valence-corrected chi connectivity index (χ0v) is 11.7. The summed E-state index contributed by atoms with van der Waals surface area (Å²) in [7, 11) is 1.84. The van der Waals surface area contributed by atoms with Crippen LogP contribution in [0.5, 0.6) is 0 Å². The fraction of sp³-hybridized carbons (Fsp3) is 0.692. The lowest BCUT2D eigenvalue weighted by atomic mass is 10.1. The van der Waals surface area contributed by atoms with Crippen molar-refractivity contribution >= 4 is 11.7 Å². The molecule has 1 atom stereocenters. The molecular weight excluding hydrogens is 214 g/mol. The van der Waals surface area contributed by atoms with Crippen molar-refractivity contribution in [2.24, 2.45) is 5.92 Å². The number of carbonyl (C=O) groups is 1. The van der Waals surface area contributed by atoms with E-state index in [0.717, 1.165) is 30.0 Å². The molecule has 1 aliphatic rings. The normalized spacial score (nSPS) is 19.3. The molecule has 1 aromatic heterocycles. The summed E-state index contributed by atoms with van der Waals surface area (Å²) in [5.41, 5.74) is 2.12. The van der Waals surface area contributed by atoms with Gasteiger partial charge in [-0.1, -0.05) is 20.8 Å². The van der Waals surface area contributed by atoms with Crippen molar-refractivity contribution < 1.29 is 4.79 Å². The average Bonchev–Trinajstić information content (AvgIpc) is 2.57. The summed E-state index contributed by atoms with van der Waals surface area (Å²) < 4.78 is 1.95. The molecule has 1 unspecified atom stereocenters. The van der Waals surface area contributed by atoms with Gasteiger partial charge in [0.05, 0.1) is 5.69 Å². The molecule has 2 heterocycles. The van der Waals surface area contributed by atoms with Gasteiger partial charge in [-0.05, 0) is 20.3 Å². The van der Waals surface area contributed by atoms with Crippen LogP contribution >= 0.6 is 0 Å². The standard InChI is InChI=1S/C11H17N3O.C2H6/c1-7-5-6-14-10(13(4)11(7)15)8(2)9(3)12-14;1-2/h7H,5-6H2,1-4H3;1-2H3. The number of fused-ring (bicyclic) bond motifs is 1. The third-order valence-corrected chi connectivity index (χ3v) is 3.24. The van der Waals surface area contributed by atoms with Crippen LogP contribution in [0.1, 0.15) is 38.4 Å². The molecule has 96 valence electrons. The van der Waals surface area contributed by atoms with Gasteiger partial charge in [-0.2, -0.15) is 5.10 Å². The summed E-state index contributed by atoms with van der Waals surface area (Å²) in [5, 5.41) is 4.45. The second-order valence-corrected chi connectivity index (χ2v) is 4.34. The van der Waals surface area contributed by atoms with Crippen molar-refractivity contribution in [2.45, 2.75) is 47.6 Å². The number of hydrogen-bond donors (Lipinski definition) is 0. The van der Waals surface area contributed by atoms with Gasteiger partial charge in [-0.3, -0.25) is 9.69 Å². The van der Waals surface area contributed by atoms with Gasteiger partial charge in [0.25, 0.3) is 0 Å². The van der Waals surface area contributed by atoms with E-state index in [-0.39, 0.29) is 11.8 Å². The van der Waals surface area contributed by atoms with E-state index in [1.807, 2.05) is 46.3 Å². The van der Waals surface area contributed by atoms with Gasteiger partial charge in [-0.15, -0.1) is 0 Å². The number of nitrogens with zero attached hydrogens (tertiary/aromatic N) is 3. The van der Waals surface area contributed by atoms with Gasteiger partial charge in [0.1, 0.15) is 5.82 Å². The molecular formula is C13H23N3O. The number of rotatable bonds is 0. The number of hydrogen-bond acceptors (Lipinski definition) is 2. The smallest absolute Gasteiger partial charge is 0.230 e. The summed E-state index contributed by atoms with van der Waals surface area (Å²) in [6.45, 7) is 10.8. The van der Waals surface area contributed by atoms with Crippen LogP contribution < -0.4 is 4.90 Å². The molecule has 1 aromatic rings. The first-order valence-corrected chi connectivity index (χ1v) is 6.34. The van der Waals surface area contributed by atoms with Crippen molar-refractivity contribution in [2.75, 3.05) is 11.9 Å². The Balaban J connectivity index is 0.000000686. The van der Waals surface area contributed by atoms with Gasteiger partial charge >= 0.3 is 0 Å². The fourth-order valence-corrected chi connectivity index (χ4v) is 2.11. The minimum Gasteiger partial charge on any atom is -0.300 e. The molecule has 0 bridgehead atoms. The molecule has 0 spiro atoms. The molecule has 0 N–H and O–H groups in total. The summed E-state index contributed by atoms with van der Waals surface area (Å²) >= 11 is 0. The van der Waals surface area contributed by atoms with Crippen molar-refractivity contribution in [1.29, 1.82) is 0 Å². The molecule has 4 heteroatoms. The second-order valence-electron chi connectivity index (χ2n) is 4.34. The summed E-state index contributed by atoms with van der Waals surface area (Å²) in [4.78, 5) is 13.7. The van der Waals surface area contributed by atoms with Crippen LogP contribution in [0, 0.1) is 19.8 Å². The Labute approximate surface area is 104 Å². The minimum absolute atomic E-state index is 0.0939. The van der Waals surface area contributed by atoms with E-state index in [2.05, 4.69) is 5.10 Å². The highest BCUT2D eigenvalue weighted by Crippen LogP contribution is 2.27. The number of carbonyl (C=O) groups excluding carboxylic acids is 1. The number of amides is 1. The molecule has 0 aromatic carbocycles. The second kappa shape index (κ2) is 5.34. The molecule has 0 saturated carbocycles. The Hall–Kier alpha value is -1.32. The van der Waals surface area contributed by atoms with Gasteiger partial charge < -0.3 is 0 Å². The maximum Gasteiger partial charge on any atom is 0.230 e. The lowest BCUT2D eigenvalue weighted by molar-refractivity contribution is -0.121. The van der Waals surface area contributed by atoms with E-state index < -0.39 is 0 Å². The highest BCUT2D eigenvalue weighted by molar-refractivity contribution is 5.94. The molecule has 2 rings (SSSR count). The summed E-state index contributed by atoms with van der Waals surface area (Å²) in [6.07, 6.45) is 0.872. The van der Waals surface area contributed by atoms with Gasteiger partial charge in [-0.25, -0.2) is 4.68 Å². The third-order valence-electron chi connectivity index (χ3n) is 3.24. The SMILES string of the molecule is CC.Cc1nn2c(c1C)N(C)C(=O)C(C)CC2. The van der Waals surface area contributed by atoms with Gasteiger partial charge in [0, 0.05) is 25.1 Å². The van der Waals surface area contributed by atoms with Crippen LogP contribution in [0.4, 0.5) is 5.82 Å². The molecule has 0 aliphatic carbocycles. The fourth-order valence-electron chi connectivity index (χ4n) is 2.11. The lowest BCUT2D eigenvalue weighted by Gasteiger charge is -2.18. The highest BCUT2D eigenvalue weighted by Gasteiger charge is 2.27. The number of aromatic nitrogens is 2. The van der Waals surface area contributed by atoms with Crippen LogP contribution in [-0.2, 0) is 11.3 Å². The summed E-state index contributed by atoms with van der Waals surface area (Å²) in [6, 6.07) is 0. The zero-order valence-electron chi connectivity index (χ0n) is 11.7. The van der Waals surface area contributed by atoms with Crippen LogP contribution in [0.15, 0.2) is 0 Å². The number of aryl methyl sites for hydroxylation is 2. The number of anilines is 1. The molecule has 4 nitrogen and oxygen atoms in total. The quantitative estimate of drug-likeness (QED) is 0.695. The Morgan fingerprint density at radius 3 is 2.47 bits per heavy atom. The van der Waals surface area contributed by atoms with Crippen LogP contribution in [0.25, 0.3) is 0 Å². The maximum atomic E-state index is 12.0. The van der Waals surface area contributed by atoms with Crippen molar-refractivity contribution in [3.8, 4) is 0 Å². The molecule has 0 fully saturated rings. The average molecular weight is 237 g/mol. The Kier molecular flexibility index (Phi) is 4.32. The van der Waals surface area contributed by atoms with Crippen LogP contribution in [-0.4, -0.2) is 22.7 Å². The van der Waals surface area contributed by atoms with Crippen LogP contribution in [0.2, 0.25) is 0 Å². The zero-order chi connectivity index (χ0) is 13.2. The predicted octanol–water partition coefficient (Wildman–Crippen LogP) is 2.53. The molecule has 1 amide bonds. The predicted molar refractivity (Wildman–Crippen MR) is 70.2 cm³/mol. The van der Waals surface area contributed by atoms with Crippen molar-refractivity contribution in [1.82, 2.24) is 9.78 Å². The Morgan fingerprint density at radius 2 is 1.88 bits per heavy atom. The van der Waals surface area contributed by atoms with E-state index >= 15 is 0 Å². The molecule has 0 radical (unpaired) electrons. The minimum atomic E-state index is 0.0939. The van der Waals surface area contributed by atoms with Gasteiger partial charge in [0.2, 0.25) is 5.91 Å². The Bertz CT molecular complexity index is 409. The van der Waals surface area contributed by atoms with Gasteiger partial charge in [0.15, 0.2) is 0 Å². The topological polar surface area (TPSA) is 38.1 Å². The maximum absolute atomic E-state index is 12.0. The summed E-state index contributed by atoms with van der Waals surface area (Å²) in [5.74, 6) is 1.25. The van der Waals surface area contributed by atoms with Crippen molar-refractivity contribution in [3.63, 3.8) is 0 Å².